The van der Waals surface area contributed by atoms with Crippen LogP contribution in [0.2, 0.25) is 0 Å². The average molecular weight is 318 g/mol. The second-order valence-electron chi connectivity index (χ2n) is 5.26. The molecule has 23 heavy (non-hydrogen) atoms. The van der Waals surface area contributed by atoms with Crippen LogP contribution in [-0.4, -0.2) is 32.2 Å². The molecule has 0 radical (unpaired) electrons. The van der Waals surface area contributed by atoms with Gasteiger partial charge in [0, 0.05) is 30.0 Å². The smallest absolute Gasteiger partial charge is 0.255 e. The summed E-state index contributed by atoms with van der Waals surface area (Å²) in [7, 11) is 0. The lowest BCUT2D eigenvalue weighted by Gasteiger charge is -2.29. The number of nitrogens with one attached hydrogen (secondary N) is 1. The molecule has 0 bridgehead atoms. The van der Waals surface area contributed by atoms with Crippen molar-refractivity contribution in [1.82, 2.24) is 0 Å². The van der Waals surface area contributed by atoms with E-state index in [0.29, 0.717) is 37.7 Å². The van der Waals surface area contributed by atoms with Gasteiger partial charge in [0.25, 0.3) is 5.91 Å². The number of carbonyl (C=O) groups is 1. The molecule has 1 heterocycles. The summed E-state index contributed by atoms with van der Waals surface area (Å²) in [6.45, 7) is 2.46. The molecule has 3 rings (SSSR count). The Hall–Kier alpha value is -2.47. The first kappa shape index (κ1) is 15.4. The predicted molar refractivity (Wildman–Crippen MR) is 83.8 cm³/mol. The lowest BCUT2D eigenvalue weighted by atomic mass is 10.1. The van der Waals surface area contributed by atoms with Gasteiger partial charge >= 0.3 is 0 Å². The van der Waals surface area contributed by atoms with Crippen molar-refractivity contribution in [2.45, 2.75) is 0 Å². The van der Waals surface area contributed by atoms with E-state index in [4.69, 9.17) is 4.74 Å². The molecule has 6 heteroatoms. The molecule has 2 aromatic carbocycles. The molecule has 0 aromatic heterocycles. The van der Waals surface area contributed by atoms with Crippen LogP contribution < -0.4 is 10.2 Å². The minimum atomic E-state index is -0.474. The van der Waals surface area contributed by atoms with E-state index in [1.165, 1.54) is 36.4 Å². The van der Waals surface area contributed by atoms with Crippen molar-refractivity contribution >= 4 is 17.3 Å². The highest BCUT2D eigenvalue weighted by Gasteiger charge is 2.15. The summed E-state index contributed by atoms with van der Waals surface area (Å²) in [6, 6.07) is 9.64. The summed E-state index contributed by atoms with van der Waals surface area (Å²) < 4.78 is 32.0. The van der Waals surface area contributed by atoms with E-state index in [1.54, 1.807) is 6.07 Å². The zero-order valence-electron chi connectivity index (χ0n) is 12.4. The monoisotopic (exact) mass is 318 g/mol. The molecule has 0 spiro atoms. The Bertz CT molecular complexity index is 698. The van der Waals surface area contributed by atoms with Crippen molar-refractivity contribution in [2.24, 2.45) is 0 Å². The molecule has 1 N–H and O–H groups in total. The zero-order chi connectivity index (χ0) is 16.2. The Morgan fingerprint density at radius 1 is 1.00 bits per heavy atom. The van der Waals surface area contributed by atoms with Crippen LogP contribution in [0.3, 0.4) is 0 Å². The van der Waals surface area contributed by atoms with Gasteiger partial charge in [-0.1, -0.05) is 0 Å². The molecule has 4 nitrogen and oxygen atoms in total. The molecule has 2 aromatic rings. The minimum absolute atomic E-state index is 0.218. The number of hydrogen-bond acceptors (Lipinski definition) is 3. The maximum atomic E-state index is 13.8. The van der Waals surface area contributed by atoms with Gasteiger partial charge in [-0.15, -0.1) is 0 Å². The van der Waals surface area contributed by atoms with Crippen molar-refractivity contribution in [3.8, 4) is 0 Å². The number of ether oxygens (including phenoxy) is 1. The Kier molecular flexibility index (Phi) is 4.52. The number of hydrogen-bond donors (Lipinski definition) is 1. The van der Waals surface area contributed by atoms with Gasteiger partial charge < -0.3 is 15.0 Å². The van der Waals surface area contributed by atoms with Crippen LogP contribution >= 0.6 is 0 Å². The molecular formula is C17H16F2N2O2. The quantitative estimate of drug-likeness (QED) is 0.946. The van der Waals surface area contributed by atoms with Crippen LogP contribution in [0.4, 0.5) is 20.2 Å². The lowest BCUT2D eigenvalue weighted by Crippen LogP contribution is -2.36. The SMILES string of the molecule is O=C(Nc1ccc(F)cc1)c1cc(F)cc(N2CCOCC2)c1. The number of rotatable bonds is 3. The molecule has 0 aliphatic carbocycles. The van der Waals surface area contributed by atoms with Gasteiger partial charge in [-0.25, -0.2) is 8.78 Å². The Morgan fingerprint density at radius 2 is 1.70 bits per heavy atom. The predicted octanol–water partition coefficient (Wildman–Crippen LogP) is 3.05. The molecule has 1 amide bonds. The van der Waals surface area contributed by atoms with Crippen molar-refractivity contribution in [1.29, 1.82) is 0 Å². The number of halogens is 2. The van der Waals surface area contributed by atoms with Crippen LogP contribution in [0.25, 0.3) is 0 Å². The van der Waals surface area contributed by atoms with Gasteiger partial charge in [0.2, 0.25) is 0 Å². The Balaban J connectivity index is 1.79. The summed E-state index contributed by atoms with van der Waals surface area (Å²) >= 11 is 0. The Morgan fingerprint density at radius 3 is 2.39 bits per heavy atom. The molecule has 0 atom stereocenters. The topological polar surface area (TPSA) is 41.6 Å². The average Bonchev–Trinajstić information content (AvgIpc) is 2.57. The normalized spacial score (nSPS) is 14.6. The van der Waals surface area contributed by atoms with Crippen molar-refractivity contribution in [3.63, 3.8) is 0 Å². The van der Waals surface area contributed by atoms with E-state index in [2.05, 4.69) is 5.32 Å². The van der Waals surface area contributed by atoms with E-state index in [9.17, 15) is 13.6 Å². The van der Waals surface area contributed by atoms with E-state index in [0.717, 1.165) is 0 Å². The first-order chi connectivity index (χ1) is 11.1. The maximum absolute atomic E-state index is 13.8. The highest BCUT2D eigenvalue weighted by molar-refractivity contribution is 6.04. The van der Waals surface area contributed by atoms with Gasteiger partial charge in [-0.2, -0.15) is 0 Å². The highest BCUT2D eigenvalue weighted by atomic mass is 19.1. The third-order valence-electron chi connectivity index (χ3n) is 3.62. The molecule has 0 saturated carbocycles. The van der Waals surface area contributed by atoms with Crippen LogP contribution in [-0.2, 0) is 4.74 Å². The minimum Gasteiger partial charge on any atom is -0.378 e. The number of anilines is 2. The fraction of sp³-hybridized carbons (Fsp3) is 0.235. The van der Waals surface area contributed by atoms with E-state index < -0.39 is 11.7 Å². The van der Waals surface area contributed by atoms with Gasteiger partial charge in [0.05, 0.1) is 13.2 Å². The van der Waals surface area contributed by atoms with Crippen LogP contribution in [0.1, 0.15) is 10.4 Å². The molecule has 1 aliphatic rings. The molecule has 1 fully saturated rings. The number of benzene rings is 2. The van der Waals surface area contributed by atoms with Crippen LogP contribution in [0, 0.1) is 11.6 Å². The standard InChI is InChI=1S/C17H16F2N2O2/c18-13-1-3-15(4-2-13)20-17(22)12-9-14(19)11-16(10-12)21-5-7-23-8-6-21/h1-4,9-11H,5-8H2,(H,20,22). The lowest BCUT2D eigenvalue weighted by molar-refractivity contribution is 0.102. The third kappa shape index (κ3) is 3.84. The van der Waals surface area contributed by atoms with Crippen molar-refractivity contribution < 1.29 is 18.3 Å². The summed E-state index contributed by atoms with van der Waals surface area (Å²) in [6.07, 6.45) is 0. The summed E-state index contributed by atoms with van der Waals surface area (Å²) in [5, 5.41) is 2.63. The fourth-order valence-electron chi connectivity index (χ4n) is 2.45. The van der Waals surface area contributed by atoms with Crippen LogP contribution in [0.15, 0.2) is 42.5 Å². The summed E-state index contributed by atoms with van der Waals surface area (Å²) in [4.78, 5) is 14.2. The number of morpholine rings is 1. The second kappa shape index (κ2) is 6.75. The van der Waals surface area contributed by atoms with E-state index in [-0.39, 0.29) is 11.4 Å². The van der Waals surface area contributed by atoms with E-state index in [1.807, 2.05) is 4.90 Å². The maximum Gasteiger partial charge on any atom is 0.255 e. The largest absolute Gasteiger partial charge is 0.378 e. The molecule has 1 aliphatic heterocycles. The summed E-state index contributed by atoms with van der Waals surface area (Å²) in [5.41, 5.74) is 1.32. The van der Waals surface area contributed by atoms with Gasteiger partial charge in [-0.05, 0) is 42.5 Å². The van der Waals surface area contributed by atoms with Gasteiger partial charge in [-0.3, -0.25) is 4.79 Å². The first-order valence-corrected chi connectivity index (χ1v) is 7.32. The number of carbonyl (C=O) groups excluding carboxylic acids is 1. The second-order valence-corrected chi connectivity index (χ2v) is 5.26. The van der Waals surface area contributed by atoms with E-state index >= 15 is 0 Å². The first-order valence-electron chi connectivity index (χ1n) is 7.32. The van der Waals surface area contributed by atoms with Gasteiger partial charge in [0.15, 0.2) is 0 Å². The third-order valence-corrected chi connectivity index (χ3v) is 3.62. The highest BCUT2D eigenvalue weighted by Crippen LogP contribution is 2.21. The molecular weight excluding hydrogens is 302 g/mol. The van der Waals surface area contributed by atoms with Crippen LogP contribution in [0.5, 0.6) is 0 Å². The van der Waals surface area contributed by atoms with Crippen molar-refractivity contribution in [2.75, 3.05) is 36.5 Å². The number of nitrogens with zero attached hydrogens (tertiary/aromatic N) is 1. The molecule has 1 saturated heterocycles. The van der Waals surface area contributed by atoms with Gasteiger partial charge in [0.1, 0.15) is 11.6 Å². The Labute approximate surface area is 132 Å². The summed E-state index contributed by atoms with van der Waals surface area (Å²) in [5.74, 6) is -1.30. The number of amides is 1. The van der Waals surface area contributed by atoms with Crippen molar-refractivity contribution in [3.05, 3.63) is 59.7 Å². The zero-order valence-corrected chi connectivity index (χ0v) is 12.4. The molecule has 0 unspecified atom stereocenters. The fourth-order valence-corrected chi connectivity index (χ4v) is 2.45. The molecule has 120 valence electrons.